The minimum atomic E-state index is -2.73. The molecular weight excluding hydrogens is 1070 g/mol. The second-order valence-corrected chi connectivity index (χ2v) is 52.2. The summed E-state index contributed by atoms with van der Waals surface area (Å²) in [6, 6.07) is 27.7. The highest BCUT2D eigenvalue weighted by molar-refractivity contribution is 6.99. The molecule has 79 heavy (non-hydrogen) atoms. The first kappa shape index (κ1) is 70.2. The van der Waals surface area contributed by atoms with Gasteiger partial charge < -0.3 is 41.1 Å². The normalized spacial score (nSPS) is 25.8. The molecule has 2 aromatic carbocycles. The Labute approximate surface area is 489 Å². The van der Waals surface area contributed by atoms with Gasteiger partial charge in [0.05, 0.1) is 35.9 Å². The van der Waals surface area contributed by atoms with Crippen LogP contribution >= 0.6 is 0 Å². The number of unbranched alkanes of at least 4 members (excludes halogenated alkanes) is 1. The van der Waals surface area contributed by atoms with Crippen LogP contribution in [0.2, 0.25) is 77.6 Å². The zero-order chi connectivity index (χ0) is 59.8. The van der Waals surface area contributed by atoms with Crippen molar-refractivity contribution in [2.24, 2.45) is 17.3 Å². The molecular formula is C64H118O10Si5. The standard InChI is InChI=1S/C64H118O10Si5/c1-26-77(27-2,28-3)72-55-49(8)56(69-54(47-67-59(65)60(9,10)11)57(55)73-78(29-4,30-5)31-6)58(74-76(24,25)62(15,16)17)64(66-21)46-53(71-75(22,23)61(12,13)14)48(7)52(70-64)44-38-39-45-68-79(63(18,19)20,50-40-34-32-35-41-50)51-42-36-33-37-43-51/h32-37,40-43,48-49,52-58H,26-31,38-39,44-47H2,1-25H3/t48-,49+,52+,53-,54+,55+,56+,57+,58-,64+/m0/s1. The van der Waals surface area contributed by atoms with Crippen molar-refractivity contribution in [2.45, 2.75) is 290 Å². The topological polar surface area (TPSA) is 100 Å². The molecule has 2 heterocycles. The highest BCUT2D eigenvalue weighted by atomic mass is 28.4. The Balaban J connectivity index is 1.95. The van der Waals surface area contributed by atoms with Crippen molar-refractivity contribution in [1.82, 2.24) is 0 Å². The number of methoxy groups -OCH3 is 1. The quantitative estimate of drug-likeness (QED) is 0.0488. The zero-order valence-corrected chi connectivity index (χ0v) is 60.0. The van der Waals surface area contributed by atoms with Crippen LogP contribution in [0, 0.1) is 17.3 Å². The molecule has 0 N–H and O–H groups in total. The minimum Gasteiger partial charge on any atom is -0.462 e. The predicted molar refractivity (Wildman–Crippen MR) is 342 cm³/mol. The van der Waals surface area contributed by atoms with E-state index < -0.39 is 77.2 Å². The fourth-order valence-electron chi connectivity index (χ4n) is 11.8. The number of hydrogen-bond donors (Lipinski definition) is 0. The fourth-order valence-corrected chi connectivity index (χ4v) is 24.9. The van der Waals surface area contributed by atoms with Crippen molar-refractivity contribution in [3.05, 3.63) is 60.7 Å². The highest BCUT2D eigenvalue weighted by Gasteiger charge is 2.62. The summed E-state index contributed by atoms with van der Waals surface area (Å²) in [5.74, 6) is -1.75. The molecule has 10 atom stereocenters. The van der Waals surface area contributed by atoms with Crippen molar-refractivity contribution in [2.75, 3.05) is 20.3 Å². The third-order valence-electron chi connectivity index (χ3n) is 19.9. The van der Waals surface area contributed by atoms with E-state index in [9.17, 15) is 4.79 Å². The summed E-state index contributed by atoms with van der Waals surface area (Å²) in [7, 11) is -10.6. The van der Waals surface area contributed by atoms with Crippen molar-refractivity contribution < 1.29 is 45.9 Å². The molecule has 15 heteroatoms. The fraction of sp³-hybridized carbons (Fsp3) is 0.797. The molecule has 0 radical (unpaired) electrons. The SMILES string of the molecule is CC[Si](CC)(CC)O[C@@H]1[C@@H](C)[C@H]([C@H](O[Si](C)(C)C(C)(C)C)[C@@]2(OC)C[C@H](O[Si](C)(C)C(C)(C)C)[C@@H](C)[C@@H](CCCCO[Si](c3ccccc3)(c3ccccc3)C(C)(C)C)O2)O[C@H](COC(=O)C(C)(C)C)[C@H]1O[Si](CC)(CC)CC. The van der Waals surface area contributed by atoms with E-state index in [-0.39, 0.29) is 57.8 Å². The summed E-state index contributed by atoms with van der Waals surface area (Å²) in [5.41, 5.74) is -0.709. The first-order valence-corrected chi connectivity index (χ1v) is 43.8. The van der Waals surface area contributed by atoms with Gasteiger partial charge in [-0.2, -0.15) is 0 Å². The van der Waals surface area contributed by atoms with E-state index in [0.717, 1.165) is 55.5 Å². The molecule has 2 aliphatic heterocycles. The zero-order valence-electron chi connectivity index (χ0n) is 55.0. The Kier molecular flexibility index (Phi) is 24.7. The van der Waals surface area contributed by atoms with E-state index in [1.165, 1.54) is 10.4 Å². The maximum atomic E-state index is 13.9. The van der Waals surface area contributed by atoms with Gasteiger partial charge >= 0.3 is 5.97 Å². The molecule has 0 amide bonds. The van der Waals surface area contributed by atoms with Crippen LogP contribution in [0.1, 0.15) is 164 Å². The van der Waals surface area contributed by atoms with E-state index in [1.807, 2.05) is 20.8 Å². The molecule has 0 aliphatic carbocycles. The predicted octanol–water partition coefficient (Wildman–Crippen LogP) is 16.1. The lowest BCUT2D eigenvalue weighted by Gasteiger charge is -2.58. The summed E-state index contributed by atoms with van der Waals surface area (Å²) in [6.07, 6.45) is -0.234. The molecule has 10 nitrogen and oxygen atoms in total. The van der Waals surface area contributed by atoms with Gasteiger partial charge in [0.15, 0.2) is 39.1 Å². The van der Waals surface area contributed by atoms with Crippen molar-refractivity contribution in [3.63, 3.8) is 0 Å². The molecule has 2 aromatic rings. The molecule has 4 rings (SSSR count). The van der Waals surface area contributed by atoms with Gasteiger partial charge in [-0.1, -0.05) is 178 Å². The minimum absolute atomic E-state index is 0.0325. The van der Waals surface area contributed by atoms with Crippen LogP contribution in [0.4, 0.5) is 0 Å². The monoisotopic (exact) mass is 1190 g/mol. The molecule has 454 valence electrons. The van der Waals surface area contributed by atoms with Crippen LogP contribution in [-0.4, -0.2) is 116 Å². The summed E-state index contributed by atoms with van der Waals surface area (Å²) in [5, 5.41) is 2.25. The molecule has 2 aliphatic rings. The molecule has 0 aromatic heterocycles. The van der Waals surface area contributed by atoms with Gasteiger partial charge in [-0.25, -0.2) is 0 Å². The Morgan fingerprint density at radius 3 is 1.51 bits per heavy atom. The van der Waals surface area contributed by atoms with E-state index in [0.29, 0.717) is 13.0 Å². The molecule has 0 saturated carbocycles. The van der Waals surface area contributed by atoms with Gasteiger partial charge in [0.1, 0.15) is 18.8 Å². The number of rotatable bonds is 27. The van der Waals surface area contributed by atoms with Crippen LogP contribution in [-0.2, 0) is 45.9 Å². The Morgan fingerprint density at radius 1 is 0.620 bits per heavy atom. The summed E-state index contributed by atoms with van der Waals surface area (Å²) in [6.45, 7) is 55.0. The van der Waals surface area contributed by atoms with Crippen LogP contribution in [0.3, 0.4) is 0 Å². The van der Waals surface area contributed by atoms with Gasteiger partial charge in [-0.05, 0) is 128 Å². The Morgan fingerprint density at radius 2 is 1.09 bits per heavy atom. The van der Waals surface area contributed by atoms with E-state index in [4.69, 9.17) is 41.1 Å². The highest BCUT2D eigenvalue weighted by Crippen LogP contribution is 2.51. The number of benzene rings is 2. The molecule has 0 bridgehead atoms. The van der Waals surface area contributed by atoms with Crippen LogP contribution in [0.25, 0.3) is 0 Å². The largest absolute Gasteiger partial charge is 0.462 e. The average molecular weight is 1190 g/mol. The Bertz CT molecular complexity index is 2090. The lowest BCUT2D eigenvalue weighted by atomic mass is 9.79. The molecule has 2 saturated heterocycles. The smallest absolute Gasteiger partial charge is 0.311 e. The first-order chi connectivity index (χ1) is 36.5. The molecule has 2 fully saturated rings. The second-order valence-electron chi connectivity index (χ2n) is 29.0. The van der Waals surface area contributed by atoms with Gasteiger partial charge in [-0.15, -0.1) is 0 Å². The lowest BCUT2D eigenvalue weighted by molar-refractivity contribution is -0.354. The maximum absolute atomic E-state index is 13.9. The summed E-state index contributed by atoms with van der Waals surface area (Å²) in [4.78, 5) is 13.9. The van der Waals surface area contributed by atoms with E-state index >= 15 is 0 Å². The third kappa shape index (κ3) is 16.2. The number of carbonyl (C=O) groups excluding carboxylic acids is 1. The Hall–Kier alpha value is -1.33. The van der Waals surface area contributed by atoms with Gasteiger partial charge in [0.2, 0.25) is 0 Å². The van der Waals surface area contributed by atoms with Gasteiger partial charge in [0.25, 0.3) is 8.32 Å². The number of carbonyl (C=O) groups is 1. The van der Waals surface area contributed by atoms with Crippen LogP contribution < -0.4 is 10.4 Å². The van der Waals surface area contributed by atoms with Crippen LogP contribution in [0.15, 0.2) is 60.7 Å². The number of hydrogen-bond acceptors (Lipinski definition) is 10. The summed E-state index contributed by atoms with van der Waals surface area (Å²) < 4.78 is 67.7. The molecule has 0 unspecified atom stereocenters. The van der Waals surface area contributed by atoms with E-state index in [1.54, 1.807) is 7.11 Å². The number of esters is 1. The first-order valence-electron chi connectivity index (χ1n) is 31.0. The second kappa shape index (κ2) is 27.8. The average Bonchev–Trinajstić information content (AvgIpc) is 3.47. The van der Waals surface area contributed by atoms with Crippen molar-refractivity contribution >= 4 is 57.9 Å². The maximum Gasteiger partial charge on any atom is 0.311 e. The van der Waals surface area contributed by atoms with Crippen LogP contribution in [0.5, 0.6) is 0 Å². The molecule has 0 spiro atoms. The number of ether oxygens (including phenoxy) is 4. The van der Waals surface area contributed by atoms with Gasteiger partial charge in [0, 0.05) is 32.0 Å². The van der Waals surface area contributed by atoms with Crippen molar-refractivity contribution in [1.29, 1.82) is 0 Å². The van der Waals surface area contributed by atoms with E-state index in [2.05, 4.69) is 205 Å². The lowest BCUT2D eigenvalue weighted by Crippen LogP contribution is -2.71. The summed E-state index contributed by atoms with van der Waals surface area (Å²) >= 11 is 0. The van der Waals surface area contributed by atoms with Crippen molar-refractivity contribution in [3.8, 4) is 0 Å². The van der Waals surface area contributed by atoms with Gasteiger partial charge in [-0.3, -0.25) is 4.79 Å². The third-order valence-corrected chi connectivity index (χ3v) is 43.2.